The van der Waals surface area contributed by atoms with Crippen molar-refractivity contribution in [1.29, 1.82) is 0 Å². The van der Waals surface area contributed by atoms with Gasteiger partial charge in [-0.05, 0) is 12.0 Å². The van der Waals surface area contributed by atoms with Gasteiger partial charge in [-0.15, -0.1) is 0 Å². The molecule has 26 heavy (non-hydrogen) atoms. The summed E-state index contributed by atoms with van der Waals surface area (Å²) >= 11 is 0. The Balaban J connectivity index is 1.63. The molecule has 2 nitrogen and oxygen atoms in total. The molecule has 4 unspecified atom stereocenters. The van der Waals surface area contributed by atoms with Gasteiger partial charge in [-0.1, -0.05) is 92.2 Å². The maximum Gasteiger partial charge on any atom is 0.223 e. The fourth-order valence-corrected chi connectivity index (χ4v) is 4.88. The van der Waals surface area contributed by atoms with Crippen molar-refractivity contribution in [3.05, 3.63) is 95.1 Å². The Bertz CT molecular complexity index is 826. The average Bonchev–Trinajstić information content (AvgIpc) is 3.34. The average molecular weight is 344 g/mol. The standard InChI is InChI=1S/C24H24O2/c1-16-20-14-9-15-21(20)17(2)23-22(16)25-24(26-23,18-10-5-3-6-11-18)19-12-7-4-8-13-19/h3-14,16-17,22-23H,15H2,1-2H3. The molecule has 2 heteroatoms. The van der Waals surface area contributed by atoms with Gasteiger partial charge in [-0.2, -0.15) is 0 Å². The first-order chi connectivity index (χ1) is 12.7. The van der Waals surface area contributed by atoms with Crippen LogP contribution in [0, 0.1) is 11.8 Å². The molecule has 132 valence electrons. The van der Waals surface area contributed by atoms with Gasteiger partial charge in [0.05, 0.1) is 12.2 Å². The molecule has 0 N–H and O–H groups in total. The minimum atomic E-state index is -0.830. The summed E-state index contributed by atoms with van der Waals surface area (Å²) in [5.41, 5.74) is 5.12. The molecule has 4 atom stereocenters. The molecule has 0 aromatic heterocycles. The second-order valence-electron chi connectivity index (χ2n) is 7.68. The van der Waals surface area contributed by atoms with Gasteiger partial charge in [0.1, 0.15) is 0 Å². The molecule has 0 amide bonds. The summed E-state index contributed by atoms with van der Waals surface area (Å²) in [5, 5.41) is 0. The van der Waals surface area contributed by atoms with Gasteiger partial charge >= 0.3 is 0 Å². The van der Waals surface area contributed by atoms with E-state index in [1.54, 1.807) is 0 Å². The third-order valence-electron chi connectivity index (χ3n) is 6.27. The van der Waals surface area contributed by atoms with E-state index in [4.69, 9.17) is 9.47 Å². The maximum atomic E-state index is 6.83. The van der Waals surface area contributed by atoms with E-state index in [0.29, 0.717) is 11.8 Å². The lowest BCUT2D eigenvalue weighted by atomic mass is 9.75. The fourth-order valence-electron chi connectivity index (χ4n) is 4.88. The van der Waals surface area contributed by atoms with Crippen LogP contribution in [-0.2, 0) is 15.3 Å². The van der Waals surface area contributed by atoms with Gasteiger partial charge in [-0.3, -0.25) is 0 Å². The smallest absolute Gasteiger partial charge is 0.223 e. The molecule has 2 aromatic carbocycles. The molecule has 1 heterocycles. The fraction of sp³-hybridized carbons (Fsp3) is 0.333. The van der Waals surface area contributed by atoms with E-state index < -0.39 is 5.79 Å². The van der Waals surface area contributed by atoms with Crippen LogP contribution in [0.15, 0.2) is 84.0 Å². The Morgan fingerprint density at radius 2 is 1.31 bits per heavy atom. The Morgan fingerprint density at radius 1 is 0.769 bits per heavy atom. The van der Waals surface area contributed by atoms with Crippen LogP contribution in [0.25, 0.3) is 0 Å². The van der Waals surface area contributed by atoms with E-state index >= 15 is 0 Å². The molecular formula is C24H24O2. The van der Waals surface area contributed by atoms with Crippen molar-refractivity contribution in [2.75, 3.05) is 0 Å². The highest BCUT2D eigenvalue weighted by molar-refractivity contribution is 5.42. The lowest BCUT2D eigenvalue weighted by Gasteiger charge is -2.35. The van der Waals surface area contributed by atoms with Crippen molar-refractivity contribution in [2.45, 2.75) is 38.3 Å². The van der Waals surface area contributed by atoms with Gasteiger partial charge < -0.3 is 9.47 Å². The Kier molecular flexibility index (Phi) is 3.66. The number of hydrogen-bond acceptors (Lipinski definition) is 2. The Morgan fingerprint density at radius 3 is 1.88 bits per heavy atom. The van der Waals surface area contributed by atoms with Gasteiger partial charge in [-0.25, -0.2) is 0 Å². The minimum Gasteiger partial charge on any atom is -0.335 e. The lowest BCUT2D eigenvalue weighted by molar-refractivity contribution is -0.154. The summed E-state index contributed by atoms with van der Waals surface area (Å²) in [6.07, 6.45) is 5.76. The largest absolute Gasteiger partial charge is 0.335 e. The van der Waals surface area contributed by atoms with E-state index in [1.165, 1.54) is 11.1 Å². The summed E-state index contributed by atoms with van der Waals surface area (Å²) in [7, 11) is 0. The summed E-state index contributed by atoms with van der Waals surface area (Å²) in [4.78, 5) is 0. The van der Waals surface area contributed by atoms with Gasteiger partial charge in [0.2, 0.25) is 5.79 Å². The third kappa shape index (κ3) is 2.19. The van der Waals surface area contributed by atoms with Crippen molar-refractivity contribution in [1.82, 2.24) is 0 Å². The van der Waals surface area contributed by atoms with Crippen molar-refractivity contribution in [3.8, 4) is 0 Å². The molecule has 0 saturated carbocycles. The van der Waals surface area contributed by atoms with E-state index in [9.17, 15) is 0 Å². The van der Waals surface area contributed by atoms with Crippen LogP contribution in [0.2, 0.25) is 0 Å². The molecule has 0 bridgehead atoms. The molecule has 3 aliphatic rings. The van der Waals surface area contributed by atoms with Crippen molar-refractivity contribution in [2.24, 2.45) is 11.8 Å². The number of hydrogen-bond donors (Lipinski definition) is 0. The Labute approximate surface area is 155 Å². The molecule has 2 aromatic rings. The molecule has 1 aliphatic heterocycles. The van der Waals surface area contributed by atoms with Crippen LogP contribution >= 0.6 is 0 Å². The highest BCUT2D eigenvalue weighted by atomic mass is 16.8. The lowest BCUT2D eigenvalue weighted by Crippen LogP contribution is -2.40. The van der Waals surface area contributed by atoms with Crippen LogP contribution < -0.4 is 0 Å². The molecule has 0 radical (unpaired) electrons. The van der Waals surface area contributed by atoms with Crippen LogP contribution in [0.4, 0.5) is 0 Å². The van der Waals surface area contributed by atoms with Gasteiger partial charge in [0.15, 0.2) is 0 Å². The zero-order valence-electron chi connectivity index (χ0n) is 15.3. The van der Waals surface area contributed by atoms with E-state index in [1.807, 2.05) is 12.1 Å². The van der Waals surface area contributed by atoms with Crippen LogP contribution in [0.1, 0.15) is 31.4 Å². The second kappa shape index (κ2) is 5.94. The number of ether oxygens (including phenoxy) is 2. The molecule has 0 spiro atoms. The van der Waals surface area contributed by atoms with E-state index in [0.717, 1.165) is 17.5 Å². The second-order valence-corrected chi connectivity index (χ2v) is 7.68. The van der Waals surface area contributed by atoms with E-state index in [2.05, 4.69) is 74.5 Å². The van der Waals surface area contributed by atoms with Gasteiger partial charge in [0, 0.05) is 23.0 Å². The zero-order chi connectivity index (χ0) is 17.7. The van der Waals surface area contributed by atoms with Crippen LogP contribution in [-0.4, -0.2) is 12.2 Å². The highest BCUT2D eigenvalue weighted by Crippen LogP contribution is 2.52. The highest BCUT2D eigenvalue weighted by Gasteiger charge is 2.56. The quantitative estimate of drug-likeness (QED) is 0.744. The number of rotatable bonds is 2. The first-order valence-electron chi connectivity index (χ1n) is 9.57. The SMILES string of the molecule is CC1C2=C(CC=C2)C(C)C2OC(c3ccccc3)(c3ccccc3)OC12. The normalized spacial score (nSPS) is 31.8. The number of benzene rings is 2. The van der Waals surface area contributed by atoms with Gasteiger partial charge in [0.25, 0.3) is 0 Å². The summed E-state index contributed by atoms with van der Waals surface area (Å²) < 4.78 is 13.7. The minimum absolute atomic E-state index is 0.0620. The molecule has 1 saturated heterocycles. The number of fused-ring (bicyclic) bond motifs is 1. The van der Waals surface area contributed by atoms with Crippen molar-refractivity contribution in [3.63, 3.8) is 0 Å². The summed E-state index contributed by atoms with van der Waals surface area (Å²) in [6.45, 7) is 4.57. The van der Waals surface area contributed by atoms with Crippen LogP contribution in [0.3, 0.4) is 0 Å². The maximum absolute atomic E-state index is 6.83. The third-order valence-corrected chi connectivity index (χ3v) is 6.27. The zero-order valence-corrected chi connectivity index (χ0v) is 15.3. The Hall–Kier alpha value is -2.16. The van der Waals surface area contributed by atoms with Crippen LogP contribution in [0.5, 0.6) is 0 Å². The first kappa shape index (κ1) is 16.0. The number of allylic oxidation sites excluding steroid dienone is 2. The van der Waals surface area contributed by atoms with Crippen molar-refractivity contribution >= 4 is 0 Å². The predicted molar refractivity (Wildman–Crippen MR) is 103 cm³/mol. The first-order valence-corrected chi connectivity index (χ1v) is 9.57. The summed E-state index contributed by atoms with van der Waals surface area (Å²) in [5.74, 6) is -0.112. The monoisotopic (exact) mass is 344 g/mol. The molecule has 2 aliphatic carbocycles. The molecule has 1 fully saturated rings. The van der Waals surface area contributed by atoms with E-state index in [-0.39, 0.29) is 12.2 Å². The molecule has 5 rings (SSSR count). The molecular weight excluding hydrogens is 320 g/mol. The predicted octanol–water partition coefficient (Wildman–Crippen LogP) is 5.21. The van der Waals surface area contributed by atoms with Crippen molar-refractivity contribution < 1.29 is 9.47 Å². The summed E-state index contributed by atoms with van der Waals surface area (Å²) in [6, 6.07) is 20.8. The topological polar surface area (TPSA) is 18.5 Å².